The normalized spacial score (nSPS) is 26.6. The highest BCUT2D eigenvalue weighted by Crippen LogP contribution is 2.22. The molecule has 4 nitrogen and oxygen atoms in total. The van der Waals surface area contributed by atoms with Gasteiger partial charge >= 0.3 is 0 Å². The first kappa shape index (κ1) is 8.44. The van der Waals surface area contributed by atoms with Gasteiger partial charge in [0, 0.05) is 6.04 Å². The lowest BCUT2D eigenvalue weighted by Crippen LogP contribution is -2.43. The van der Waals surface area contributed by atoms with Crippen LogP contribution in [0.15, 0.2) is 12.4 Å². The SMILES string of the molecule is Cc1cnc(OC2CC(N)C2)cn1. The van der Waals surface area contributed by atoms with E-state index >= 15 is 0 Å². The minimum Gasteiger partial charge on any atom is -0.473 e. The van der Waals surface area contributed by atoms with E-state index in [4.69, 9.17) is 10.5 Å². The predicted octanol–water partition coefficient (Wildman–Crippen LogP) is 0.654. The Morgan fingerprint density at radius 2 is 2.15 bits per heavy atom. The molecule has 13 heavy (non-hydrogen) atoms. The molecule has 1 aliphatic rings. The number of aromatic nitrogens is 2. The summed E-state index contributed by atoms with van der Waals surface area (Å²) in [5, 5.41) is 0. The number of rotatable bonds is 2. The van der Waals surface area contributed by atoms with Crippen LogP contribution in [0.1, 0.15) is 18.5 Å². The lowest BCUT2D eigenvalue weighted by molar-refractivity contribution is 0.0953. The lowest BCUT2D eigenvalue weighted by atomic mass is 9.90. The molecule has 0 aliphatic heterocycles. The zero-order chi connectivity index (χ0) is 9.26. The van der Waals surface area contributed by atoms with E-state index in [0.29, 0.717) is 11.9 Å². The molecular weight excluding hydrogens is 166 g/mol. The number of aryl methyl sites for hydroxylation is 1. The van der Waals surface area contributed by atoms with E-state index in [1.54, 1.807) is 12.4 Å². The van der Waals surface area contributed by atoms with Crippen molar-refractivity contribution in [2.24, 2.45) is 5.73 Å². The van der Waals surface area contributed by atoms with Crippen LogP contribution in [0.5, 0.6) is 5.88 Å². The third-order valence-corrected chi connectivity index (χ3v) is 2.18. The van der Waals surface area contributed by atoms with Gasteiger partial charge in [0.15, 0.2) is 0 Å². The second-order valence-electron chi connectivity index (χ2n) is 3.47. The number of nitrogens with zero attached hydrogens (tertiary/aromatic N) is 2. The Morgan fingerprint density at radius 3 is 2.69 bits per heavy atom. The Balaban J connectivity index is 1.91. The summed E-state index contributed by atoms with van der Waals surface area (Å²) in [6.45, 7) is 1.90. The second-order valence-corrected chi connectivity index (χ2v) is 3.47. The Bertz CT molecular complexity index is 279. The second kappa shape index (κ2) is 3.30. The van der Waals surface area contributed by atoms with Gasteiger partial charge in [0.1, 0.15) is 6.10 Å². The van der Waals surface area contributed by atoms with Gasteiger partial charge in [-0.15, -0.1) is 0 Å². The van der Waals surface area contributed by atoms with Crippen molar-refractivity contribution in [3.63, 3.8) is 0 Å². The lowest BCUT2D eigenvalue weighted by Gasteiger charge is -2.31. The van der Waals surface area contributed by atoms with Gasteiger partial charge in [0.05, 0.1) is 18.1 Å². The Labute approximate surface area is 77.1 Å². The van der Waals surface area contributed by atoms with Crippen LogP contribution in [0.4, 0.5) is 0 Å². The largest absolute Gasteiger partial charge is 0.473 e. The smallest absolute Gasteiger partial charge is 0.232 e. The molecule has 1 aromatic rings. The quantitative estimate of drug-likeness (QED) is 0.724. The number of hydrogen-bond donors (Lipinski definition) is 1. The van der Waals surface area contributed by atoms with Crippen LogP contribution in [0, 0.1) is 6.92 Å². The summed E-state index contributed by atoms with van der Waals surface area (Å²) >= 11 is 0. The fraction of sp³-hybridized carbons (Fsp3) is 0.556. The molecule has 2 rings (SSSR count). The molecule has 0 unspecified atom stereocenters. The molecule has 0 spiro atoms. The molecule has 0 aromatic carbocycles. The van der Waals surface area contributed by atoms with Crippen LogP contribution in [-0.2, 0) is 0 Å². The molecular formula is C9H13N3O. The van der Waals surface area contributed by atoms with Gasteiger partial charge in [-0.2, -0.15) is 0 Å². The van der Waals surface area contributed by atoms with Crippen molar-refractivity contribution in [2.75, 3.05) is 0 Å². The first-order valence-corrected chi connectivity index (χ1v) is 4.45. The first-order valence-electron chi connectivity index (χ1n) is 4.45. The number of ether oxygens (including phenoxy) is 1. The van der Waals surface area contributed by atoms with E-state index in [-0.39, 0.29) is 6.10 Å². The van der Waals surface area contributed by atoms with E-state index < -0.39 is 0 Å². The summed E-state index contributed by atoms with van der Waals surface area (Å²) in [6, 6.07) is 0.309. The molecule has 1 aromatic heterocycles. The average molecular weight is 179 g/mol. The fourth-order valence-electron chi connectivity index (χ4n) is 1.31. The van der Waals surface area contributed by atoms with E-state index in [9.17, 15) is 0 Å². The van der Waals surface area contributed by atoms with Crippen LogP contribution < -0.4 is 10.5 Å². The molecule has 70 valence electrons. The van der Waals surface area contributed by atoms with Gasteiger partial charge in [-0.25, -0.2) is 4.98 Å². The van der Waals surface area contributed by atoms with Crippen molar-refractivity contribution >= 4 is 0 Å². The van der Waals surface area contributed by atoms with Gasteiger partial charge in [-0.3, -0.25) is 4.98 Å². The highest BCUT2D eigenvalue weighted by Gasteiger charge is 2.27. The van der Waals surface area contributed by atoms with Crippen LogP contribution in [-0.4, -0.2) is 22.1 Å². The average Bonchev–Trinajstić information content (AvgIpc) is 2.06. The van der Waals surface area contributed by atoms with Crippen LogP contribution in [0.25, 0.3) is 0 Å². The molecule has 1 saturated carbocycles. The van der Waals surface area contributed by atoms with Crippen molar-refractivity contribution in [3.8, 4) is 5.88 Å². The highest BCUT2D eigenvalue weighted by molar-refractivity contribution is 5.07. The summed E-state index contributed by atoms with van der Waals surface area (Å²) in [5.74, 6) is 0.600. The standard InChI is InChI=1S/C9H13N3O/c1-6-4-12-9(5-11-6)13-8-2-7(10)3-8/h4-5,7-8H,2-3,10H2,1H3. The summed E-state index contributed by atoms with van der Waals surface area (Å²) in [6.07, 6.45) is 5.45. The summed E-state index contributed by atoms with van der Waals surface area (Å²) < 4.78 is 5.52. The van der Waals surface area contributed by atoms with Crippen LogP contribution >= 0.6 is 0 Å². The Kier molecular flexibility index (Phi) is 2.14. The molecule has 1 aliphatic carbocycles. The van der Waals surface area contributed by atoms with Crippen molar-refractivity contribution in [1.82, 2.24) is 9.97 Å². The fourth-order valence-corrected chi connectivity index (χ4v) is 1.31. The third kappa shape index (κ3) is 1.95. The van der Waals surface area contributed by atoms with Crippen LogP contribution in [0.2, 0.25) is 0 Å². The van der Waals surface area contributed by atoms with E-state index in [2.05, 4.69) is 9.97 Å². The van der Waals surface area contributed by atoms with Gasteiger partial charge < -0.3 is 10.5 Å². The van der Waals surface area contributed by atoms with Crippen molar-refractivity contribution in [3.05, 3.63) is 18.1 Å². The minimum atomic E-state index is 0.243. The summed E-state index contributed by atoms with van der Waals surface area (Å²) in [7, 11) is 0. The Morgan fingerprint density at radius 1 is 1.38 bits per heavy atom. The first-order chi connectivity index (χ1) is 6.24. The maximum atomic E-state index is 5.63. The molecule has 4 heteroatoms. The maximum absolute atomic E-state index is 5.63. The van der Waals surface area contributed by atoms with Crippen molar-refractivity contribution in [2.45, 2.75) is 31.9 Å². The number of nitrogens with two attached hydrogens (primary N) is 1. The summed E-state index contributed by atoms with van der Waals surface area (Å²) in [5.41, 5.74) is 6.53. The molecule has 2 N–H and O–H groups in total. The van der Waals surface area contributed by atoms with E-state index in [0.717, 1.165) is 18.5 Å². The van der Waals surface area contributed by atoms with E-state index in [1.807, 2.05) is 6.92 Å². The monoisotopic (exact) mass is 179 g/mol. The van der Waals surface area contributed by atoms with Crippen molar-refractivity contribution in [1.29, 1.82) is 0 Å². The Hall–Kier alpha value is -1.16. The molecule has 0 bridgehead atoms. The predicted molar refractivity (Wildman–Crippen MR) is 48.4 cm³/mol. The third-order valence-electron chi connectivity index (χ3n) is 2.18. The zero-order valence-corrected chi connectivity index (χ0v) is 7.60. The molecule has 1 heterocycles. The van der Waals surface area contributed by atoms with Gasteiger partial charge in [-0.1, -0.05) is 0 Å². The molecule has 0 amide bonds. The van der Waals surface area contributed by atoms with Crippen molar-refractivity contribution < 1.29 is 4.74 Å². The zero-order valence-electron chi connectivity index (χ0n) is 7.60. The number of hydrogen-bond acceptors (Lipinski definition) is 4. The van der Waals surface area contributed by atoms with Crippen LogP contribution in [0.3, 0.4) is 0 Å². The summed E-state index contributed by atoms with van der Waals surface area (Å²) in [4.78, 5) is 8.19. The molecule has 0 atom stereocenters. The maximum Gasteiger partial charge on any atom is 0.232 e. The molecule has 0 saturated heterocycles. The van der Waals surface area contributed by atoms with E-state index in [1.165, 1.54) is 0 Å². The van der Waals surface area contributed by atoms with Gasteiger partial charge in [-0.05, 0) is 19.8 Å². The topological polar surface area (TPSA) is 61.0 Å². The highest BCUT2D eigenvalue weighted by atomic mass is 16.5. The van der Waals surface area contributed by atoms with Gasteiger partial charge in [0.2, 0.25) is 5.88 Å². The molecule has 1 fully saturated rings. The van der Waals surface area contributed by atoms with Gasteiger partial charge in [0.25, 0.3) is 0 Å². The minimum absolute atomic E-state index is 0.243. The molecule has 0 radical (unpaired) electrons.